The standard InChI is InChI=1S/C12H20F3NO3/c1-3-16-11(10(17)18-2)6-4-5-9(7-11)19-8-12(13,14)15/h9,16H,3-8H2,1-2H3. The van der Waals surface area contributed by atoms with Crippen molar-refractivity contribution in [3.8, 4) is 0 Å². The van der Waals surface area contributed by atoms with Crippen molar-refractivity contribution in [2.75, 3.05) is 20.3 Å². The molecule has 1 saturated carbocycles. The van der Waals surface area contributed by atoms with Gasteiger partial charge in [0.2, 0.25) is 0 Å². The van der Waals surface area contributed by atoms with Gasteiger partial charge in [-0.05, 0) is 25.8 Å². The third kappa shape index (κ3) is 4.65. The summed E-state index contributed by atoms with van der Waals surface area (Å²) in [4.78, 5) is 11.9. The molecule has 0 aromatic heterocycles. The molecule has 1 rings (SSSR count). The molecule has 112 valence electrons. The molecule has 0 aliphatic heterocycles. The summed E-state index contributed by atoms with van der Waals surface area (Å²) in [6, 6.07) is 0. The number of esters is 1. The second-order valence-corrected chi connectivity index (χ2v) is 4.75. The SMILES string of the molecule is CCNC1(C(=O)OC)CCCC(OCC(F)(F)F)C1. The normalized spacial score (nSPS) is 28.2. The van der Waals surface area contributed by atoms with Crippen LogP contribution in [0.4, 0.5) is 13.2 Å². The zero-order chi connectivity index (χ0) is 14.5. The Labute approximate surface area is 110 Å². The van der Waals surface area contributed by atoms with Gasteiger partial charge in [-0.25, -0.2) is 0 Å². The van der Waals surface area contributed by atoms with Gasteiger partial charge in [-0.1, -0.05) is 6.92 Å². The minimum atomic E-state index is -4.34. The number of alkyl halides is 3. The van der Waals surface area contributed by atoms with E-state index in [0.717, 1.165) is 0 Å². The van der Waals surface area contributed by atoms with E-state index < -0.39 is 30.4 Å². The summed E-state index contributed by atoms with van der Waals surface area (Å²) in [5, 5.41) is 3.04. The van der Waals surface area contributed by atoms with Gasteiger partial charge in [0.05, 0.1) is 13.2 Å². The summed E-state index contributed by atoms with van der Waals surface area (Å²) in [5.41, 5.74) is -0.919. The first-order chi connectivity index (χ1) is 8.83. The number of nitrogens with one attached hydrogen (secondary N) is 1. The number of ether oxygens (including phenoxy) is 2. The zero-order valence-electron chi connectivity index (χ0n) is 11.2. The third-order valence-corrected chi connectivity index (χ3v) is 3.28. The highest BCUT2D eigenvalue weighted by atomic mass is 19.4. The molecule has 0 heterocycles. The lowest BCUT2D eigenvalue weighted by molar-refractivity contribution is -0.191. The lowest BCUT2D eigenvalue weighted by Gasteiger charge is -2.39. The van der Waals surface area contributed by atoms with Crippen LogP contribution in [0.2, 0.25) is 0 Å². The van der Waals surface area contributed by atoms with Crippen LogP contribution in [0.1, 0.15) is 32.6 Å². The highest BCUT2D eigenvalue weighted by molar-refractivity contribution is 5.81. The Kier molecular flexibility index (Phi) is 5.61. The molecule has 2 unspecified atom stereocenters. The number of rotatable bonds is 5. The second-order valence-electron chi connectivity index (χ2n) is 4.75. The van der Waals surface area contributed by atoms with Gasteiger partial charge < -0.3 is 14.8 Å². The number of carbonyl (C=O) groups is 1. The smallest absolute Gasteiger partial charge is 0.411 e. The topological polar surface area (TPSA) is 47.6 Å². The Morgan fingerprint density at radius 3 is 2.68 bits per heavy atom. The van der Waals surface area contributed by atoms with Crippen molar-refractivity contribution in [1.29, 1.82) is 0 Å². The summed E-state index contributed by atoms with van der Waals surface area (Å²) in [7, 11) is 1.28. The van der Waals surface area contributed by atoms with Crippen LogP contribution < -0.4 is 5.32 Å². The summed E-state index contributed by atoms with van der Waals surface area (Å²) in [6.45, 7) is 1.10. The van der Waals surface area contributed by atoms with Gasteiger partial charge >= 0.3 is 12.1 Å². The summed E-state index contributed by atoms with van der Waals surface area (Å²) >= 11 is 0. The van der Waals surface area contributed by atoms with E-state index in [1.165, 1.54) is 7.11 Å². The van der Waals surface area contributed by atoms with Crippen LogP contribution in [0.25, 0.3) is 0 Å². The Bertz CT molecular complexity index is 305. The van der Waals surface area contributed by atoms with E-state index in [4.69, 9.17) is 9.47 Å². The number of hydrogen-bond donors (Lipinski definition) is 1. The Morgan fingerprint density at radius 1 is 1.47 bits per heavy atom. The van der Waals surface area contributed by atoms with Crippen LogP contribution in [0.5, 0.6) is 0 Å². The van der Waals surface area contributed by atoms with Crippen molar-refractivity contribution in [3.05, 3.63) is 0 Å². The Morgan fingerprint density at radius 2 is 2.16 bits per heavy atom. The zero-order valence-corrected chi connectivity index (χ0v) is 11.2. The molecule has 2 atom stereocenters. The molecule has 0 amide bonds. The van der Waals surface area contributed by atoms with E-state index >= 15 is 0 Å². The largest absolute Gasteiger partial charge is 0.468 e. The van der Waals surface area contributed by atoms with Crippen LogP contribution in [0, 0.1) is 0 Å². The average Bonchev–Trinajstić information content (AvgIpc) is 2.35. The van der Waals surface area contributed by atoms with Gasteiger partial charge in [0.15, 0.2) is 0 Å². The molecule has 1 N–H and O–H groups in total. The average molecular weight is 283 g/mol. The number of hydrogen-bond acceptors (Lipinski definition) is 4. The molecule has 1 aliphatic rings. The fourth-order valence-electron chi connectivity index (χ4n) is 2.53. The van der Waals surface area contributed by atoms with Crippen molar-refractivity contribution in [2.45, 2.75) is 50.4 Å². The molecular formula is C12H20F3NO3. The van der Waals surface area contributed by atoms with E-state index in [0.29, 0.717) is 25.8 Å². The maximum Gasteiger partial charge on any atom is 0.411 e. The molecule has 1 aliphatic carbocycles. The molecule has 0 aromatic carbocycles. The first-order valence-electron chi connectivity index (χ1n) is 6.35. The van der Waals surface area contributed by atoms with Gasteiger partial charge in [-0.3, -0.25) is 4.79 Å². The quantitative estimate of drug-likeness (QED) is 0.784. The predicted octanol–water partition coefficient (Wildman–Crippen LogP) is 2.03. The highest BCUT2D eigenvalue weighted by Crippen LogP contribution is 2.32. The highest BCUT2D eigenvalue weighted by Gasteiger charge is 2.44. The Hall–Kier alpha value is -0.820. The van der Waals surface area contributed by atoms with Crippen molar-refractivity contribution >= 4 is 5.97 Å². The third-order valence-electron chi connectivity index (χ3n) is 3.28. The van der Waals surface area contributed by atoms with Gasteiger partial charge in [0.25, 0.3) is 0 Å². The fourth-order valence-corrected chi connectivity index (χ4v) is 2.53. The molecule has 19 heavy (non-hydrogen) atoms. The van der Waals surface area contributed by atoms with Gasteiger partial charge in [0.1, 0.15) is 12.1 Å². The maximum absolute atomic E-state index is 12.1. The molecule has 7 heteroatoms. The minimum Gasteiger partial charge on any atom is -0.468 e. The van der Waals surface area contributed by atoms with Crippen LogP contribution in [-0.4, -0.2) is 44.0 Å². The van der Waals surface area contributed by atoms with E-state index in [2.05, 4.69) is 5.32 Å². The van der Waals surface area contributed by atoms with Crippen LogP contribution in [-0.2, 0) is 14.3 Å². The molecule has 1 fully saturated rings. The van der Waals surface area contributed by atoms with Gasteiger partial charge in [-0.2, -0.15) is 13.2 Å². The van der Waals surface area contributed by atoms with E-state index in [1.807, 2.05) is 6.92 Å². The first kappa shape index (κ1) is 16.2. The fraction of sp³-hybridized carbons (Fsp3) is 0.917. The number of methoxy groups -OCH3 is 1. The molecule has 4 nitrogen and oxygen atoms in total. The van der Waals surface area contributed by atoms with Crippen LogP contribution >= 0.6 is 0 Å². The van der Waals surface area contributed by atoms with Crippen LogP contribution in [0.15, 0.2) is 0 Å². The Balaban J connectivity index is 2.66. The molecule has 0 bridgehead atoms. The second kappa shape index (κ2) is 6.56. The van der Waals surface area contributed by atoms with Gasteiger partial charge in [0, 0.05) is 6.42 Å². The predicted molar refractivity (Wildman–Crippen MR) is 62.7 cm³/mol. The maximum atomic E-state index is 12.1. The molecule has 0 spiro atoms. The summed E-state index contributed by atoms with van der Waals surface area (Å²) in [6.07, 6.45) is -2.99. The lowest BCUT2D eigenvalue weighted by atomic mass is 9.80. The monoisotopic (exact) mass is 283 g/mol. The lowest BCUT2D eigenvalue weighted by Crippen LogP contribution is -2.56. The van der Waals surface area contributed by atoms with Crippen molar-refractivity contribution in [2.24, 2.45) is 0 Å². The van der Waals surface area contributed by atoms with E-state index in [1.54, 1.807) is 0 Å². The van der Waals surface area contributed by atoms with Crippen molar-refractivity contribution < 1.29 is 27.4 Å². The van der Waals surface area contributed by atoms with Crippen molar-refractivity contribution in [3.63, 3.8) is 0 Å². The van der Waals surface area contributed by atoms with Crippen molar-refractivity contribution in [1.82, 2.24) is 5.32 Å². The first-order valence-corrected chi connectivity index (χ1v) is 6.35. The number of halogens is 3. The molecule has 0 radical (unpaired) electrons. The van der Waals surface area contributed by atoms with E-state index in [9.17, 15) is 18.0 Å². The molecule has 0 saturated heterocycles. The molecule has 0 aromatic rings. The number of carbonyl (C=O) groups excluding carboxylic acids is 1. The number of likely N-dealkylation sites (N-methyl/N-ethyl adjacent to an activating group) is 1. The summed E-state index contributed by atoms with van der Waals surface area (Å²) in [5.74, 6) is -0.436. The minimum absolute atomic E-state index is 0.212. The van der Waals surface area contributed by atoms with Gasteiger partial charge in [-0.15, -0.1) is 0 Å². The molecular weight excluding hydrogens is 263 g/mol. The summed E-state index contributed by atoms with van der Waals surface area (Å²) < 4.78 is 46.1. The van der Waals surface area contributed by atoms with E-state index in [-0.39, 0.29) is 6.42 Å². The van der Waals surface area contributed by atoms with Crippen LogP contribution in [0.3, 0.4) is 0 Å².